The topological polar surface area (TPSA) is 60.2 Å². The molecule has 108 valence electrons. The maximum atomic E-state index is 6.06. The van der Waals surface area contributed by atoms with Crippen molar-refractivity contribution in [2.45, 2.75) is 52.2 Å². The van der Waals surface area contributed by atoms with Crippen LogP contribution in [0.5, 0.6) is 0 Å². The number of rotatable bonds is 7. The molecule has 1 aromatic heterocycles. The van der Waals surface area contributed by atoms with Gasteiger partial charge in [0.1, 0.15) is 5.82 Å². The van der Waals surface area contributed by atoms with E-state index in [1.807, 2.05) is 6.92 Å². The van der Waals surface area contributed by atoms with E-state index in [-0.39, 0.29) is 11.6 Å². The van der Waals surface area contributed by atoms with Gasteiger partial charge in [-0.2, -0.15) is 0 Å². The van der Waals surface area contributed by atoms with Crippen molar-refractivity contribution in [2.24, 2.45) is 0 Å². The summed E-state index contributed by atoms with van der Waals surface area (Å²) in [6.45, 7) is 9.35. The summed E-state index contributed by atoms with van der Waals surface area (Å²) < 4.78 is 5.75. The Bertz CT molecular complexity index is 402. The Labute approximate surface area is 116 Å². The number of nitrogen functional groups attached to an aromatic ring is 1. The Morgan fingerprint density at radius 1 is 1.47 bits per heavy atom. The van der Waals surface area contributed by atoms with Gasteiger partial charge in [-0.25, -0.2) is 4.98 Å². The number of nitrogens with zero attached hydrogens (tertiary/aromatic N) is 1. The van der Waals surface area contributed by atoms with Crippen LogP contribution in [-0.2, 0) is 4.74 Å². The second-order valence-electron chi connectivity index (χ2n) is 5.24. The minimum absolute atomic E-state index is 0.0508. The van der Waals surface area contributed by atoms with Crippen LogP contribution in [0.25, 0.3) is 0 Å². The molecule has 0 aliphatic rings. The van der Waals surface area contributed by atoms with E-state index in [9.17, 15) is 0 Å². The number of ether oxygens (including phenoxy) is 1. The van der Waals surface area contributed by atoms with E-state index in [4.69, 9.17) is 10.5 Å². The SMILES string of the molecule is CCCNC(c1cc(C)cnc1N)C(C)(CC)OC. The van der Waals surface area contributed by atoms with Gasteiger partial charge < -0.3 is 15.8 Å². The van der Waals surface area contributed by atoms with Gasteiger partial charge in [-0.05, 0) is 44.9 Å². The first-order chi connectivity index (χ1) is 8.98. The molecule has 0 aromatic carbocycles. The van der Waals surface area contributed by atoms with Crippen LogP contribution in [0, 0.1) is 6.92 Å². The molecular weight excluding hydrogens is 238 g/mol. The summed E-state index contributed by atoms with van der Waals surface area (Å²) in [7, 11) is 1.75. The maximum Gasteiger partial charge on any atom is 0.128 e. The number of anilines is 1. The summed E-state index contributed by atoms with van der Waals surface area (Å²) in [5, 5.41) is 3.55. The van der Waals surface area contributed by atoms with Crippen LogP contribution >= 0.6 is 0 Å². The van der Waals surface area contributed by atoms with E-state index in [0.29, 0.717) is 5.82 Å². The zero-order valence-corrected chi connectivity index (χ0v) is 12.8. The van der Waals surface area contributed by atoms with E-state index in [0.717, 1.165) is 30.5 Å². The number of pyridine rings is 1. The van der Waals surface area contributed by atoms with Crippen molar-refractivity contribution in [3.8, 4) is 0 Å². The first-order valence-corrected chi connectivity index (χ1v) is 6.99. The highest BCUT2D eigenvalue weighted by Gasteiger charge is 2.34. The number of hydrogen-bond acceptors (Lipinski definition) is 4. The molecule has 3 N–H and O–H groups in total. The average molecular weight is 265 g/mol. The minimum atomic E-state index is -0.293. The Morgan fingerprint density at radius 3 is 2.68 bits per heavy atom. The van der Waals surface area contributed by atoms with Crippen LogP contribution in [0.3, 0.4) is 0 Å². The molecule has 4 heteroatoms. The molecule has 0 saturated carbocycles. The Hall–Kier alpha value is -1.13. The van der Waals surface area contributed by atoms with Gasteiger partial charge in [0.15, 0.2) is 0 Å². The van der Waals surface area contributed by atoms with Gasteiger partial charge in [0.25, 0.3) is 0 Å². The molecule has 0 bridgehead atoms. The van der Waals surface area contributed by atoms with Gasteiger partial charge in [0.05, 0.1) is 11.6 Å². The van der Waals surface area contributed by atoms with Crippen LogP contribution in [0.2, 0.25) is 0 Å². The average Bonchev–Trinajstić information content (AvgIpc) is 2.42. The summed E-state index contributed by atoms with van der Waals surface area (Å²) in [5.74, 6) is 0.580. The summed E-state index contributed by atoms with van der Waals surface area (Å²) in [6.07, 6.45) is 3.77. The van der Waals surface area contributed by atoms with Crippen molar-refractivity contribution in [1.82, 2.24) is 10.3 Å². The lowest BCUT2D eigenvalue weighted by Crippen LogP contribution is -2.43. The van der Waals surface area contributed by atoms with E-state index in [2.05, 4.69) is 37.1 Å². The number of methoxy groups -OCH3 is 1. The van der Waals surface area contributed by atoms with E-state index < -0.39 is 0 Å². The number of nitrogens with one attached hydrogen (secondary N) is 1. The fourth-order valence-corrected chi connectivity index (χ4v) is 2.24. The lowest BCUT2D eigenvalue weighted by atomic mass is 9.87. The van der Waals surface area contributed by atoms with Gasteiger partial charge >= 0.3 is 0 Å². The third-order valence-corrected chi connectivity index (χ3v) is 3.77. The minimum Gasteiger partial charge on any atom is -0.383 e. The van der Waals surface area contributed by atoms with Gasteiger partial charge in [0, 0.05) is 18.9 Å². The predicted molar refractivity (Wildman–Crippen MR) is 80.1 cm³/mol. The first kappa shape index (κ1) is 15.9. The Kier molecular flexibility index (Phi) is 5.76. The fourth-order valence-electron chi connectivity index (χ4n) is 2.24. The summed E-state index contributed by atoms with van der Waals surface area (Å²) in [6, 6.07) is 2.15. The van der Waals surface area contributed by atoms with Crippen LogP contribution in [0.1, 0.15) is 50.8 Å². The van der Waals surface area contributed by atoms with Gasteiger partial charge in [0.2, 0.25) is 0 Å². The van der Waals surface area contributed by atoms with E-state index in [1.54, 1.807) is 13.3 Å². The molecule has 1 heterocycles. The molecule has 19 heavy (non-hydrogen) atoms. The van der Waals surface area contributed by atoms with Crippen molar-refractivity contribution in [3.63, 3.8) is 0 Å². The lowest BCUT2D eigenvalue weighted by molar-refractivity contribution is -0.0298. The van der Waals surface area contributed by atoms with Crippen molar-refractivity contribution in [2.75, 3.05) is 19.4 Å². The number of aryl methyl sites for hydroxylation is 1. The Balaban J connectivity index is 3.18. The Morgan fingerprint density at radius 2 is 2.16 bits per heavy atom. The molecule has 1 aromatic rings. The van der Waals surface area contributed by atoms with Crippen LogP contribution in [0.15, 0.2) is 12.3 Å². The second-order valence-corrected chi connectivity index (χ2v) is 5.24. The highest BCUT2D eigenvalue weighted by atomic mass is 16.5. The maximum absolute atomic E-state index is 6.06. The van der Waals surface area contributed by atoms with Gasteiger partial charge in [-0.1, -0.05) is 13.8 Å². The number of hydrogen-bond donors (Lipinski definition) is 2. The molecule has 0 aliphatic carbocycles. The smallest absolute Gasteiger partial charge is 0.128 e. The van der Waals surface area contributed by atoms with Crippen LogP contribution < -0.4 is 11.1 Å². The quantitative estimate of drug-likeness (QED) is 0.796. The molecular formula is C15H27N3O. The van der Waals surface area contributed by atoms with E-state index in [1.165, 1.54) is 0 Å². The van der Waals surface area contributed by atoms with Gasteiger partial charge in [-0.3, -0.25) is 0 Å². The molecule has 0 amide bonds. The summed E-state index contributed by atoms with van der Waals surface area (Å²) in [4.78, 5) is 4.27. The summed E-state index contributed by atoms with van der Waals surface area (Å²) >= 11 is 0. The largest absolute Gasteiger partial charge is 0.383 e. The standard InChI is InChI=1S/C15H27N3O/c1-6-8-17-13(15(4,7-2)19-5)12-9-11(3)10-18-14(12)16/h9-10,13,17H,6-8H2,1-5H3,(H2,16,18). The third kappa shape index (κ3) is 3.67. The van der Waals surface area contributed by atoms with Crippen LogP contribution in [0.4, 0.5) is 5.82 Å². The van der Waals surface area contributed by atoms with Crippen molar-refractivity contribution >= 4 is 5.82 Å². The van der Waals surface area contributed by atoms with Crippen molar-refractivity contribution < 1.29 is 4.74 Å². The molecule has 0 radical (unpaired) electrons. The monoisotopic (exact) mass is 265 g/mol. The normalized spacial score (nSPS) is 16.1. The second kappa shape index (κ2) is 6.87. The molecule has 2 unspecified atom stereocenters. The molecule has 0 fully saturated rings. The third-order valence-electron chi connectivity index (χ3n) is 3.77. The molecule has 1 rings (SSSR count). The molecule has 4 nitrogen and oxygen atoms in total. The van der Waals surface area contributed by atoms with E-state index >= 15 is 0 Å². The highest BCUT2D eigenvalue weighted by molar-refractivity contribution is 5.44. The van der Waals surface area contributed by atoms with Crippen molar-refractivity contribution in [3.05, 3.63) is 23.4 Å². The zero-order chi connectivity index (χ0) is 14.5. The van der Waals surface area contributed by atoms with Crippen LogP contribution in [-0.4, -0.2) is 24.2 Å². The molecule has 0 aliphatic heterocycles. The van der Waals surface area contributed by atoms with Crippen molar-refractivity contribution in [1.29, 1.82) is 0 Å². The zero-order valence-electron chi connectivity index (χ0n) is 12.8. The molecule has 0 spiro atoms. The lowest BCUT2D eigenvalue weighted by Gasteiger charge is -2.37. The first-order valence-electron chi connectivity index (χ1n) is 6.99. The molecule has 2 atom stereocenters. The predicted octanol–water partition coefficient (Wildman–Crippen LogP) is 2.83. The highest BCUT2D eigenvalue weighted by Crippen LogP contribution is 2.34. The number of nitrogens with two attached hydrogens (primary N) is 1. The number of aromatic nitrogens is 1. The molecule has 0 saturated heterocycles. The summed E-state index contributed by atoms with van der Waals surface area (Å²) in [5.41, 5.74) is 7.91. The van der Waals surface area contributed by atoms with Gasteiger partial charge in [-0.15, -0.1) is 0 Å². The fraction of sp³-hybridized carbons (Fsp3) is 0.667.